The Hall–Kier alpha value is -2.49. The Labute approximate surface area is 221 Å². The first kappa shape index (κ1) is 34.5. The number of amides is 2. The van der Waals surface area contributed by atoms with Gasteiger partial charge in [-0.2, -0.15) is 0 Å². The lowest BCUT2D eigenvalue weighted by Crippen LogP contribution is -2.38. The molecule has 0 heterocycles. The van der Waals surface area contributed by atoms with E-state index in [0.29, 0.717) is 32.2 Å². The van der Waals surface area contributed by atoms with E-state index >= 15 is 0 Å². The molecule has 37 heavy (non-hydrogen) atoms. The molecule has 0 aromatic carbocycles. The summed E-state index contributed by atoms with van der Waals surface area (Å²) >= 11 is 0. The van der Waals surface area contributed by atoms with E-state index in [1.807, 2.05) is 0 Å². The fraction of sp³-hybridized carbons (Fsp3) is 0.815. The molecule has 0 aliphatic carbocycles. The summed E-state index contributed by atoms with van der Waals surface area (Å²) in [6.45, 7) is 0.433. The summed E-state index contributed by atoms with van der Waals surface area (Å²) in [5.74, 6) is -3.15. The van der Waals surface area contributed by atoms with Crippen molar-refractivity contribution in [3.05, 3.63) is 0 Å². The molecule has 0 unspecified atom stereocenters. The Morgan fingerprint density at radius 3 is 1.76 bits per heavy atom. The number of carboxylic acids is 2. The number of hydrogen-bond acceptors (Lipinski definition) is 6. The van der Waals surface area contributed by atoms with E-state index in [4.69, 9.17) is 10.8 Å². The number of unbranched alkanes of at least 4 members (excludes halogenated alkanes) is 10. The summed E-state index contributed by atoms with van der Waals surface area (Å²) in [4.78, 5) is 57.6. The molecule has 10 nitrogen and oxygen atoms in total. The summed E-state index contributed by atoms with van der Waals surface area (Å²) in [5, 5.41) is 23.3. The third kappa shape index (κ3) is 21.3. The summed E-state index contributed by atoms with van der Waals surface area (Å²) < 4.78 is 0. The highest BCUT2D eigenvalue weighted by Gasteiger charge is 2.22. The Morgan fingerprint density at radius 1 is 0.703 bits per heavy atom. The fourth-order valence-corrected chi connectivity index (χ4v) is 4.13. The number of aliphatic carboxylic acids is 2. The van der Waals surface area contributed by atoms with Crippen LogP contribution in [0.15, 0.2) is 0 Å². The number of carbonyl (C=O) groups is 5. The minimum absolute atomic E-state index is 0.0398. The molecule has 0 aliphatic heterocycles. The monoisotopic (exact) mass is 527 g/mol. The van der Waals surface area contributed by atoms with E-state index < -0.39 is 23.9 Å². The highest BCUT2D eigenvalue weighted by Crippen LogP contribution is 2.16. The molecule has 0 bridgehead atoms. The number of rotatable bonds is 25. The van der Waals surface area contributed by atoms with Crippen LogP contribution in [0.2, 0.25) is 0 Å². The maximum absolute atomic E-state index is 12.2. The van der Waals surface area contributed by atoms with Crippen LogP contribution in [-0.4, -0.2) is 59.4 Å². The van der Waals surface area contributed by atoms with Crippen molar-refractivity contribution in [3.8, 4) is 0 Å². The highest BCUT2D eigenvalue weighted by molar-refractivity contribution is 5.84. The van der Waals surface area contributed by atoms with E-state index in [9.17, 15) is 29.1 Å². The zero-order chi connectivity index (χ0) is 27.9. The van der Waals surface area contributed by atoms with Crippen LogP contribution >= 0.6 is 0 Å². The van der Waals surface area contributed by atoms with Crippen molar-refractivity contribution in [2.75, 3.05) is 13.6 Å². The molecule has 6 N–H and O–H groups in total. The van der Waals surface area contributed by atoms with Crippen LogP contribution in [-0.2, 0) is 24.0 Å². The Kier molecular flexibility index (Phi) is 21.2. The van der Waals surface area contributed by atoms with Gasteiger partial charge in [-0.25, -0.2) is 0 Å². The minimum Gasteiger partial charge on any atom is -0.481 e. The second-order valence-electron chi connectivity index (χ2n) is 9.81. The van der Waals surface area contributed by atoms with Crippen LogP contribution in [0.25, 0.3) is 0 Å². The molecular weight excluding hydrogens is 478 g/mol. The molecule has 0 aromatic rings. The number of hydrogen-bond donors (Lipinski definition) is 5. The number of ketones is 1. The summed E-state index contributed by atoms with van der Waals surface area (Å²) in [7, 11) is 1.53. The standard InChI is InChI=1S/C27H49N3O7/c1-29-26(35)23(28)15-12-13-19-30-24(32)18-17-21(27(36)37)20-22(31)14-10-8-6-4-2-3-5-7-9-11-16-25(33)34/h21,23H,2-20,28H2,1H3,(H,29,35)(H,30,32)(H,33,34)(H,36,37)/t21-,23+/m1/s1. The van der Waals surface area contributed by atoms with E-state index in [-0.39, 0.29) is 43.3 Å². The van der Waals surface area contributed by atoms with E-state index in [2.05, 4.69) is 10.6 Å². The molecule has 0 saturated heterocycles. The Balaban J connectivity index is 3.82. The molecule has 0 saturated carbocycles. The quantitative estimate of drug-likeness (QED) is 0.112. The van der Waals surface area contributed by atoms with Crippen LogP contribution in [0.5, 0.6) is 0 Å². The molecular formula is C27H49N3O7. The molecule has 0 rings (SSSR count). The second kappa shape index (κ2) is 22.7. The molecule has 0 aromatic heterocycles. The van der Waals surface area contributed by atoms with Gasteiger partial charge < -0.3 is 26.6 Å². The summed E-state index contributed by atoms with van der Waals surface area (Å²) in [5.41, 5.74) is 5.71. The highest BCUT2D eigenvalue weighted by atomic mass is 16.4. The third-order valence-corrected chi connectivity index (χ3v) is 6.49. The molecule has 0 aliphatic rings. The van der Waals surface area contributed by atoms with Gasteiger partial charge in [0.25, 0.3) is 0 Å². The first-order valence-electron chi connectivity index (χ1n) is 13.9. The first-order valence-corrected chi connectivity index (χ1v) is 13.9. The van der Waals surface area contributed by atoms with Crippen molar-refractivity contribution in [3.63, 3.8) is 0 Å². The Bertz CT molecular complexity index is 685. The minimum atomic E-state index is -1.05. The normalized spacial score (nSPS) is 12.5. The van der Waals surface area contributed by atoms with Gasteiger partial charge in [-0.3, -0.25) is 24.0 Å². The van der Waals surface area contributed by atoms with Crippen LogP contribution in [0.3, 0.4) is 0 Å². The number of nitrogens with two attached hydrogens (primary N) is 1. The van der Waals surface area contributed by atoms with Crippen molar-refractivity contribution >= 4 is 29.5 Å². The van der Waals surface area contributed by atoms with E-state index in [1.54, 1.807) is 0 Å². The summed E-state index contributed by atoms with van der Waals surface area (Å²) in [6.07, 6.45) is 12.7. The van der Waals surface area contributed by atoms with Gasteiger partial charge >= 0.3 is 11.9 Å². The smallest absolute Gasteiger partial charge is 0.306 e. The molecule has 0 radical (unpaired) electrons. The fourth-order valence-electron chi connectivity index (χ4n) is 4.13. The molecule has 0 spiro atoms. The van der Waals surface area contributed by atoms with Gasteiger partial charge in [0, 0.05) is 39.3 Å². The summed E-state index contributed by atoms with van der Waals surface area (Å²) in [6, 6.07) is -0.561. The third-order valence-electron chi connectivity index (χ3n) is 6.49. The van der Waals surface area contributed by atoms with Gasteiger partial charge in [-0.1, -0.05) is 51.4 Å². The average Bonchev–Trinajstić information content (AvgIpc) is 2.85. The van der Waals surface area contributed by atoms with Gasteiger partial charge in [0.15, 0.2) is 0 Å². The maximum atomic E-state index is 12.2. The first-order chi connectivity index (χ1) is 17.7. The second-order valence-corrected chi connectivity index (χ2v) is 9.81. The zero-order valence-corrected chi connectivity index (χ0v) is 22.6. The average molecular weight is 528 g/mol. The number of carboxylic acid groups (broad SMARTS) is 2. The number of carbonyl (C=O) groups excluding carboxylic acids is 3. The van der Waals surface area contributed by atoms with Gasteiger partial charge in [0.05, 0.1) is 12.0 Å². The van der Waals surface area contributed by atoms with Crippen LogP contribution in [0.1, 0.15) is 116 Å². The number of likely N-dealkylation sites (N-methyl/N-ethyl adjacent to an activating group) is 1. The van der Waals surface area contributed by atoms with E-state index in [1.165, 1.54) is 7.05 Å². The predicted molar refractivity (Wildman–Crippen MR) is 142 cm³/mol. The number of Topliss-reactive ketones (excluding diaryl/α,β-unsaturated/α-hetero) is 1. The van der Waals surface area contributed by atoms with Gasteiger partial charge in [-0.05, 0) is 38.5 Å². The van der Waals surface area contributed by atoms with Gasteiger partial charge in [0.1, 0.15) is 5.78 Å². The maximum Gasteiger partial charge on any atom is 0.306 e. The topological polar surface area (TPSA) is 176 Å². The zero-order valence-electron chi connectivity index (χ0n) is 22.6. The lowest BCUT2D eigenvalue weighted by atomic mass is 9.94. The van der Waals surface area contributed by atoms with E-state index in [0.717, 1.165) is 64.2 Å². The lowest BCUT2D eigenvalue weighted by molar-refractivity contribution is -0.144. The van der Waals surface area contributed by atoms with Crippen molar-refractivity contribution < 1.29 is 34.2 Å². The SMILES string of the molecule is CNC(=O)[C@@H](N)CCCCNC(=O)CC[C@H](CC(=O)CCCCCCCCCCCCC(=O)O)C(=O)O. The molecule has 0 fully saturated rings. The van der Waals surface area contributed by atoms with Crippen molar-refractivity contribution in [2.45, 2.75) is 122 Å². The van der Waals surface area contributed by atoms with Gasteiger partial charge in [-0.15, -0.1) is 0 Å². The van der Waals surface area contributed by atoms with Gasteiger partial charge in [0.2, 0.25) is 11.8 Å². The van der Waals surface area contributed by atoms with Crippen LogP contribution in [0.4, 0.5) is 0 Å². The van der Waals surface area contributed by atoms with Crippen molar-refractivity contribution in [1.29, 1.82) is 0 Å². The molecule has 2 amide bonds. The molecule has 2 atom stereocenters. The number of nitrogens with one attached hydrogen (secondary N) is 2. The van der Waals surface area contributed by atoms with Crippen LogP contribution < -0.4 is 16.4 Å². The van der Waals surface area contributed by atoms with Crippen molar-refractivity contribution in [2.24, 2.45) is 11.7 Å². The lowest BCUT2D eigenvalue weighted by Gasteiger charge is -2.12. The van der Waals surface area contributed by atoms with Crippen LogP contribution in [0, 0.1) is 5.92 Å². The predicted octanol–water partition coefficient (Wildman–Crippen LogP) is 3.55. The Morgan fingerprint density at radius 2 is 1.24 bits per heavy atom. The largest absolute Gasteiger partial charge is 0.481 e. The molecule has 10 heteroatoms. The molecule has 214 valence electrons. The van der Waals surface area contributed by atoms with Crippen molar-refractivity contribution in [1.82, 2.24) is 10.6 Å².